The van der Waals surface area contributed by atoms with Gasteiger partial charge in [0.15, 0.2) is 0 Å². The Morgan fingerprint density at radius 1 is 0.944 bits per heavy atom. The van der Waals surface area contributed by atoms with Crippen LogP contribution in [0.2, 0.25) is 10.0 Å². The molecule has 1 nitrogen and oxygen atoms in total. The molecular weight excluding hydrogens is 297 g/mol. The summed E-state index contributed by atoms with van der Waals surface area (Å²) >= 11 is 17.6. The number of ether oxygens (including phenoxy) is 1. The lowest BCUT2D eigenvalue weighted by atomic mass is 10.2. The van der Waals surface area contributed by atoms with Crippen molar-refractivity contribution in [2.45, 2.75) is 5.88 Å². The smallest absolute Gasteiger partial charge is 0.146 e. The molecule has 5 heteroatoms. The highest BCUT2D eigenvalue weighted by atomic mass is 35.5. The van der Waals surface area contributed by atoms with Gasteiger partial charge in [0.1, 0.15) is 17.3 Å². The Morgan fingerprint density at radius 3 is 2.11 bits per heavy atom. The molecule has 0 unspecified atom stereocenters. The molecule has 0 aliphatic heterocycles. The molecule has 0 aliphatic carbocycles. The van der Waals surface area contributed by atoms with Gasteiger partial charge in [0.05, 0.1) is 10.0 Å². The molecule has 0 heterocycles. The van der Waals surface area contributed by atoms with Crippen molar-refractivity contribution in [2.24, 2.45) is 0 Å². The maximum absolute atomic E-state index is 12.9. The van der Waals surface area contributed by atoms with Crippen LogP contribution in [0, 0.1) is 5.82 Å². The molecule has 0 spiro atoms. The number of alkyl halides is 1. The van der Waals surface area contributed by atoms with E-state index in [4.69, 9.17) is 39.5 Å². The minimum absolute atomic E-state index is 0.187. The second kappa shape index (κ2) is 5.79. The molecule has 0 saturated carbocycles. The minimum Gasteiger partial charge on any atom is -0.454 e. The van der Waals surface area contributed by atoms with Gasteiger partial charge in [-0.1, -0.05) is 29.3 Å². The van der Waals surface area contributed by atoms with Gasteiger partial charge in [-0.2, -0.15) is 0 Å². The molecule has 18 heavy (non-hydrogen) atoms. The van der Waals surface area contributed by atoms with Gasteiger partial charge in [-0.3, -0.25) is 0 Å². The molecule has 94 valence electrons. The minimum atomic E-state index is -0.420. The van der Waals surface area contributed by atoms with Crippen LogP contribution in [-0.4, -0.2) is 0 Å². The van der Waals surface area contributed by atoms with Crippen LogP contribution in [0.15, 0.2) is 36.4 Å². The maximum atomic E-state index is 12.9. The third kappa shape index (κ3) is 3.08. The van der Waals surface area contributed by atoms with E-state index in [9.17, 15) is 4.39 Å². The quantitative estimate of drug-likeness (QED) is 0.664. The van der Waals surface area contributed by atoms with Crippen molar-refractivity contribution in [1.29, 1.82) is 0 Å². The Kier molecular flexibility index (Phi) is 4.33. The molecule has 0 saturated heterocycles. The first kappa shape index (κ1) is 13.5. The van der Waals surface area contributed by atoms with E-state index in [0.717, 1.165) is 5.56 Å². The number of halogens is 4. The van der Waals surface area contributed by atoms with E-state index in [1.54, 1.807) is 18.2 Å². The highest BCUT2D eigenvalue weighted by Crippen LogP contribution is 2.34. The Hall–Kier alpha value is -0.960. The van der Waals surface area contributed by atoms with Crippen LogP contribution in [0.25, 0.3) is 0 Å². The van der Waals surface area contributed by atoms with E-state index >= 15 is 0 Å². The van der Waals surface area contributed by atoms with E-state index in [-0.39, 0.29) is 5.02 Å². The van der Waals surface area contributed by atoms with Crippen molar-refractivity contribution in [3.05, 3.63) is 57.8 Å². The SMILES string of the molecule is Fc1ccc(Oc2ccc(CCl)cc2Cl)c(Cl)c1. The number of benzene rings is 2. The Bertz CT molecular complexity index is 572. The molecule has 0 radical (unpaired) electrons. The molecule has 0 N–H and O–H groups in total. The summed E-state index contributed by atoms with van der Waals surface area (Å²) in [6, 6.07) is 9.09. The molecule has 0 amide bonds. The molecule has 0 aromatic heterocycles. The number of rotatable bonds is 3. The summed E-state index contributed by atoms with van der Waals surface area (Å²) in [5, 5.41) is 0.612. The van der Waals surface area contributed by atoms with Gasteiger partial charge < -0.3 is 4.74 Å². The maximum Gasteiger partial charge on any atom is 0.146 e. The summed E-state index contributed by atoms with van der Waals surface area (Å²) in [6.45, 7) is 0. The van der Waals surface area contributed by atoms with Gasteiger partial charge in [-0.15, -0.1) is 11.6 Å². The fourth-order valence-electron chi connectivity index (χ4n) is 1.39. The highest BCUT2D eigenvalue weighted by Gasteiger charge is 2.08. The lowest BCUT2D eigenvalue weighted by molar-refractivity contribution is 0.481. The van der Waals surface area contributed by atoms with Crippen molar-refractivity contribution < 1.29 is 9.13 Å². The van der Waals surface area contributed by atoms with Gasteiger partial charge in [0.25, 0.3) is 0 Å². The van der Waals surface area contributed by atoms with Gasteiger partial charge in [-0.05, 0) is 35.9 Å². The second-order valence-corrected chi connectivity index (χ2v) is 4.66. The molecule has 0 fully saturated rings. The average Bonchev–Trinajstić information content (AvgIpc) is 2.34. The van der Waals surface area contributed by atoms with E-state index in [1.807, 2.05) is 0 Å². The van der Waals surface area contributed by atoms with Crippen LogP contribution in [0.4, 0.5) is 4.39 Å². The van der Waals surface area contributed by atoms with Crippen LogP contribution >= 0.6 is 34.8 Å². The zero-order valence-corrected chi connectivity index (χ0v) is 11.4. The molecule has 2 aromatic carbocycles. The first-order valence-corrected chi connectivity index (χ1v) is 6.36. The summed E-state index contributed by atoms with van der Waals surface area (Å²) in [5.74, 6) is 0.741. The van der Waals surface area contributed by atoms with Gasteiger partial charge >= 0.3 is 0 Å². The summed E-state index contributed by atoms with van der Waals surface area (Å²) in [7, 11) is 0. The Morgan fingerprint density at radius 2 is 1.56 bits per heavy atom. The third-order valence-corrected chi connectivity index (χ3v) is 3.16. The van der Waals surface area contributed by atoms with Gasteiger partial charge in [0, 0.05) is 5.88 Å². The lowest BCUT2D eigenvalue weighted by Crippen LogP contribution is -1.88. The molecule has 2 rings (SSSR count). The second-order valence-electron chi connectivity index (χ2n) is 3.58. The molecule has 2 aromatic rings. The van der Waals surface area contributed by atoms with Gasteiger partial charge in [0.2, 0.25) is 0 Å². The van der Waals surface area contributed by atoms with Crippen molar-refractivity contribution in [3.63, 3.8) is 0 Å². The number of hydrogen-bond donors (Lipinski definition) is 0. The summed E-state index contributed by atoms with van der Waals surface area (Å²) in [6.07, 6.45) is 0. The van der Waals surface area contributed by atoms with E-state index in [1.165, 1.54) is 18.2 Å². The number of hydrogen-bond acceptors (Lipinski definition) is 1. The van der Waals surface area contributed by atoms with Crippen LogP contribution in [0.1, 0.15) is 5.56 Å². The van der Waals surface area contributed by atoms with Gasteiger partial charge in [-0.25, -0.2) is 4.39 Å². The van der Waals surface area contributed by atoms with Crippen LogP contribution in [0.3, 0.4) is 0 Å². The largest absolute Gasteiger partial charge is 0.454 e. The highest BCUT2D eigenvalue weighted by molar-refractivity contribution is 6.33. The van der Waals surface area contributed by atoms with E-state index in [0.29, 0.717) is 22.4 Å². The van der Waals surface area contributed by atoms with Crippen molar-refractivity contribution in [2.75, 3.05) is 0 Å². The predicted octanol–water partition coefficient (Wildman–Crippen LogP) is 5.66. The van der Waals surface area contributed by atoms with Crippen molar-refractivity contribution >= 4 is 34.8 Å². The Balaban J connectivity index is 2.28. The zero-order valence-electron chi connectivity index (χ0n) is 9.09. The van der Waals surface area contributed by atoms with E-state index < -0.39 is 5.82 Å². The summed E-state index contributed by atoms with van der Waals surface area (Å²) in [5.41, 5.74) is 0.888. The molecule has 0 bridgehead atoms. The van der Waals surface area contributed by atoms with E-state index in [2.05, 4.69) is 0 Å². The van der Waals surface area contributed by atoms with Crippen LogP contribution in [-0.2, 0) is 5.88 Å². The monoisotopic (exact) mass is 304 g/mol. The molecule has 0 aliphatic rings. The van der Waals surface area contributed by atoms with Crippen molar-refractivity contribution in [3.8, 4) is 11.5 Å². The normalized spacial score (nSPS) is 10.4. The first-order chi connectivity index (χ1) is 8.60. The first-order valence-electron chi connectivity index (χ1n) is 5.07. The lowest BCUT2D eigenvalue weighted by Gasteiger charge is -2.09. The van der Waals surface area contributed by atoms with Crippen LogP contribution in [0.5, 0.6) is 11.5 Å². The van der Waals surface area contributed by atoms with Crippen LogP contribution < -0.4 is 4.74 Å². The standard InChI is InChI=1S/C13H8Cl3FO/c14-7-8-1-3-12(10(15)5-8)18-13-4-2-9(17)6-11(13)16/h1-6H,7H2. The topological polar surface area (TPSA) is 9.23 Å². The molecule has 0 atom stereocenters. The average molecular weight is 306 g/mol. The third-order valence-electron chi connectivity index (χ3n) is 2.26. The summed E-state index contributed by atoms with van der Waals surface area (Å²) < 4.78 is 18.4. The fourth-order valence-corrected chi connectivity index (χ4v) is 2.00. The fraction of sp³-hybridized carbons (Fsp3) is 0.0769. The molecular formula is C13H8Cl3FO. The predicted molar refractivity (Wildman–Crippen MR) is 72.5 cm³/mol. The summed E-state index contributed by atoms with van der Waals surface area (Å²) in [4.78, 5) is 0. The van der Waals surface area contributed by atoms with Crippen molar-refractivity contribution in [1.82, 2.24) is 0 Å². The zero-order chi connectivity index (χ0) is 13.1. The Labute approximate surface area is 119 Å².